The molecule has 0 atom stereocenters. The number of hydrogen-bond donors (Lipinski definition) is 0. The SMILES string of the molecule is CCC[CH2][Sn]([CH2]CCC)([CH2]CCC)[c]1nc2ccccc2n1C. The van der Waals surface area contributed by atoms with E-state index in [1.54, 1.807) is 0 Å². The van der Waals surface area contributed by atoms with E-state index < -0.39 is 18.4 Å². The van der Waals surface area contributed by atoms with Crippen LogP contribution in [-0.4, -0.2) is 27.9 Å². The summed E-state index contributed by atoms with van der Waals surface area (Å²) >= 11 is -2.42. The Balaban J connectivity index is 2.48. The summed E-state index contributed by atoms with van der Waals surface area (Å²) in [6, 6.07) is 8.70. The monoisotopic (exact) mass is 422 g/mol. The second kappa shape index (κ2) is 9.10. The van der Waals surface area contributed by atoms with Gasteiger partial charge in [-0.3, -0.25) is 0 Å². The second-order valence-electron chi connectivity index (χ2n) is 7.07. The molecule has 0 N–H and O–H groups in total. The van der Waals surface area contributed by atoms with Crippen molar-refractivity contribution in [3.63, 3.8) is 0 Å². The van der Waals surface area contributed by atoms with E-state index >= 15 is 0 Å². The number of nitrogens with zero attached hydrogens (tertiary/aromatic N) is 2. The summed E-state index contributed by atoms with van der Waals surface area (Å²) in [4.78, 5) is 5.20. The van der Waals surface area contributed by atoms with Gasteiger partial charge in [-0.2, -0.15) is 0 Å². The molecule has 3 heteroatoms. The first kappa shape index (κ1) is 18.8. The summed E-state index contributed by atoms with van der Waals surface area (Å²) in [6.45, 7) is 7.02. The van der Waals surface area contributed by atoms with Crippen LogP contribution in [0.4, 0.5) is 0 Å². The molecule has 1 heterocycles. The average molecular weight is 421 g/mol. The second-order valence-corrected chi connectivity index (χ2v) is 19.9. The number of unbranched alkanes of at least 4 members (excludes halogenated alkanes) is 3. The maximum atomic E-state index is 5.20. The minimum atomic E-state index is -2.42. The molecule has 0 bridgehead atoms. The molecule has 0 saturated heterocycles. The summed E-state index contributed by atoms with van der Waals surface area (Å²) in [7, 11) is 2.26. The first-order chi connectivity index (χ1) is 11.2. The summed E-state index contributed by atoms with van der Waals surface area (Å²) in [5.74, 6) is 0. The topological polar surface area (TPSA) is 17.8 Å². The minimum absolute atomic E-state index is 1.20. The first-order valence-corrected chi connectivity index (χ1v) is 17.1. The number of imidazole rings is 1. The molecule has 0 radical (unpaired) electrons. The molecule has 2 aromatic rings. The summed E-state index contributed by atoms with van der Waals surface area (Å²) < 4.78 is 8.47. The Morgan fingerprint density at radius 3 is 1.87 bits per heavy atom. The standard InChI is InChI=1S/C8H7N2.3C4H9.Sn/c1-10-6-9-7-4-2-3-5-8(7)10;3*1-3-4-2;/h2-5H,1H3;3*1,3-4H2,2H3;. The molecule has 0 aliphatic heterocycles. The van der Waals surface area contributed by atoms with Crippen LogP contribution in [-0.2, 0) is 7.05 Å². The van der Waals surface area contributed by atoms with Gasteiger partial charge in [-0.05, 0) is 0 Å². The summed E-state index contributed by atoms with van der Waals surface area (Å²) in [5.41, 5.74) is 2.53. The zero-order valence-corrected chi connectivity index (χ0v) is 18.4. The number of para-hydroxylation sites is 2. The van der Waals surface area contributed by atoms with Gasteiger partial charge in [0.25, 0.3) is 0 Å². The molecule has 0 fully saturated rings. The molecule has 0 amide bonds. The van der Waals surface area contributed by atoms with Gasteiger partial charge < -0.3 is 0 Å². The van der Waals surface area contributed by atoms with Gasteiger partial charge in [0.05, 0.1) is 0 Å². The van der Waals surface area contributed by atoms with Crippen LogP contribution in [0.1, 0.15) is 59.3 Å². The number of benzene rings is 1. The third-order valence-corrected chi connectivity index (χ3v) is 20.5. The quantitative estimate of drug-likeness (QED) is 0.455. The molecular formula is C20H34N2Sn. The Hall–Kier alpha value is -0.511. The van der Waals surface area contributed by atoms with Crippen LogP contribution < -0.4 is 3.84 Å². The van der Waals surface area contributed by atoms with Crippen molar-refractivity contribution in [3.8, 4) is 0 Å². The fourth-order valence-electron chi connectivity index (χ4n) is 3.88. The van der Waals surface area contributed by atoms with Gasteiger partial charge in [0.2, 0.25) is 0 Å². The Morgan fingerprint density at radius 2 is 1.39 bits per heavy atom. The molecule has 0 aliphatic carbocycles. The Morgan fingerprint density at radius 1 is 0.870 bits per heavy atom. The van der Waals surface area contributed by atoms with Crippen LogP contribution in [0.15, 0.2) is 24.3 Å². The number of fused-ring (bicyclic) bond motifs is 1. The average Bonchev–Trinajstić information content (AvgIpc) is 2.92. The van der Waals surface area contributed by atoms with Gasteiger partial charge in [-0.1, -0.05) is 0 Å². The van der Waals surface area contributed by atoms with Crippen LogP contribution in [0.2, 0.25) is 13.3 Å². The number of aryl methyl sites for hydroxylation is 1. The Labute approximate surface area is 146 Å². The first-order valence-electron chi connectivity index (χ1n) is 9.60. The van der Waals surface area contributed by atoms with Gasteiger partial charge in [-0.15, -0.1) is 0 Å². The van der Waals surface area contributed by atoms with Crippen molar-refractivity contribution in [3.05, 3.63) is 24.3 Å². The molecule has 1 aromatic heterocycles. The van der Waals surface area contributed by atoms with Crippen molar-refractivity contribution < 1.29 is 0 Å². The third kappa shape index (κ3) is 4.32. The molecule has 2 rings (SSSR count). The van der Waals surface area contributed by atoms with Gasteiger partial charge >= 0.3 is 147 Å². The van der Waals surface area contributed by atoms with Crippen LogP contribution in [0.5, 0.6) is 0 Å². The van der Waals surface area contributed by atoms with Crippen molar-refractivity contribution in [2.45, 2.75) is 72.6 Å². The molecule has 23 heavy (non-hydrogen) atoms. The summed E-state index contributed by atoms with van der Waals surface area (Å²) in [5, 5.41) is 0. The van der Waals surface area contributed by atoms with Crippen molar-refractivity contribution in [1.29, 1.82) is 0 Å². The third-order valence-electron chi connectivity index (χ3n) is 5.29. The van der Waals surface area contributed by atoms with E-state index in [0.29, 0.717) is 0 Å². The fourth-order valence-corrected chi connectivity index (χ4v) is 20.1. The number of rotatable bonds is 10. The molecule has 128 valence electrons. The molecule has 0 unspecified atom stereocenters. The van der Waals surface area contributed by atoms with Crippen LogP contribution in [0.25, 0.3) is 11.0 Å². The zero-order chi connectivity index (χ0) is 16.7. The van der Waals surface area contributed by atoms with Crippen molar-refractivity contribution in [2.75, 3.05) is 0 Å². The predicted molar refractivity (Wildman–Crippen MR) is 105 cm³/mol. The number of aromatic nitrogens is 2. The van der Waals surface area contributed by atoms with Crippen LogP contribution in [0, 0.1) is 0 Å². The van der Waals surface area contributed by atoms with E-state index in [2.05, 4.69) is 56.7 Å². The van der Waals surface area contributed by atoms with E-state index in [1.165, 1.54) is 66.7 Å². The Bertz CT molecular complexity index is 581. The van der Waals surface area contributed by atoms with Gasteiger partial charge in [0.15, 0.2) is 0 Å². The van der Waals surface area contributed by atoms with E-state index in [9.17, 15) is 0 Å². The fraction of sp³-hybridized carbons (Fsp3) is 0.650. The summed E-state index contributed by atoms with van der Waals surface area (Å²) in [6.07, 6.45) is 8.15. The van der Waals surface area contributed by atoms with E-state index in [0.717, 1.165) is 0 Å². The molecule has 0 aliphatic rings. The van der Waals surface area contributed by atoms with Gasteiger partial charge in [-0.25, -0.2) is 0 Å². The zero-order valence-electron chi connectivity index (χ0n) is 15.6. The van der Waals surface area contributed by atoms with E-state index in [-0.39, 0.29) is 0 Å². The predicted octanol–water partition coefficient (Wildman–Crippen LogP) is 5.63. The van der Waals surface area contributed by atoms with Crippen LogP contribution >= 0.6 is 0 Å². The Kier molecular flexibility index (Phi) is 7.45. The molecule has 0 spiro atoms. The molecule has 2 nitrogen and oxygen atoms in total. The van der Waals surface area contributed by atoms with Crippen LogP contribution in [0.3, 0.4) is 0 Å². The molecular weight excluding hydrogens is 387 g/mol. The van der Waals surface area contributed by atoms with Gasteiger partial charge in [0, 0.05) is 0 Å². The van der Waals surface area contributed by atoms with E-state index in [4.69, 9.17) is 4.98 Å². The number of hydrogen-bond acceptors (Lipinski definition) is 1. The molecule has 0 saturated carbocycles. The van der Waals surface area contributed by atoms with Crippen molar-refractivity contribution in [2.24, 2.45) is 7.05 Å². The van der Waals surface area contributed by atoms with Crippen molar-refractivity contribution >= 4 is 33.3 Å². The maximum absolute atomic E-state index is 5.20. The van der Waals surface area contributed by atoms with Gasteiger partial charge in [0.1, 0.15) is 0 Å². The van der Waals surface area contributed by atoms with E-state index in [1.807, 2.05) is 0 Å². The normalized spacial score (nSPS) is 12.2. The van der Waals surface area contributed by atoms with Crippen molar-refractivity contribution in [1.82, 2.24) is 9.55 Å². The molecule has 1 aromatic carbocycles.